The quantitative estimate of drug-likeness (QED) is 0.144. The van der Waals surface area contributed by atoms with Gasteiger partial charge in [0.1, 0.15) is 0 Å². The Morgan fingerprint density at radius 1 is 0.217 bits per heavy atom. The summed E-state index contributed by atoms with van der Waals surface area (Å²) in [6.07, 6.45) is 14.8. The van der Waals surface area contributed by atoms with Crippen LogP contribution in [0.1, 0.15) is 0 Å². The summed E-state index contributed by atoms with van der Waals surface area (Å²) in [5.74, 6) is 1.78. The van der Waals surface area contributed by atoms with E-state index in [-0.39, 0.29) is 0 Å². The minimum Gasteiger partial charge on any atom is -0.264 e. The smallest absolute Gasteiger partial charge is 0.164 e. The van der Waals surface area contributed by atoms with Gasteiger partial charge in [-0.1, -0.05) is 109 Å². The molecule has 0 aliphatic carbocycles. The maximum absolute atomic E-state index is 5.15. The minimum absolute atomic E-state index is 0.574. The molecule has 10 rings (SSSR count). The number of pyridine rings is 4. The molecule has 7 nitrogen and oxygen atoms in total. The Labute approximate surface area is 347 Å². The molecule has 282 valence electrons. The molecular weight excluding hydrogens is 735 g/mol. The van der Waals surface area contributed by atoms with E-state index < -0.39 is 0 Å². The number of rotatable bonds is 9. The summed E-state index contributed by atoms with van der Waals surface area (Å²) >= 11 is 0. The summed E-state index contributed by atoms with van der Waals surface area (Å²) in [4.78, 5) is 33.1. The van der Waals surface area contributed by atoms with Crippen LogP contribution in [0.25, 0.3) is 101 Å². The molecule has 0 radical (unpaired) electrons. The highest BCUT2D eigenvalue weighted by Gasteiger charge is 2.18. The topological polar surface area (TPSA) is 90.2 Å². The lowest BCUT2D eigenvalue weighted by atomic mass is 9.89. The predicted molar refractivity (Wildman–Crippen MR) is 240 cm³/mol. The lowest BCUT2D eigenvalue weighted by Gasteiger charge is -2.16. The van der Waals surface area contributed by atoms with E-state index in [0.717, 1.165) is 83.5 Å². The number of aromatic nitrogens is 7. The Kier molecular flexibility index (Phi) is 9.79. The van der Waals surface area contributed by atoms with Crippen LogP contribution in [0.3, 0.4) is 0 Å². The van der Waals surface area contributed by atoms with Gasteiger partial charge in [-0.15, -0.1) is 0 Å². The molecule has 0 spiro atoms. The van der Waals surface area contributed by atoms with E-state index in [4.69, 9.17) is 15.0 Å². The summed E-state index contributed by atoms with van der Waals surface area (Å²) in [6.45, 7) is 0. The van der Waals surface area contributed by atoms with E-state index in [1.807, 2.05) is 110 Å². The maximum atomic E-state index is 5.15. The number of nitrogens with zero attached hydrogens (tertiary/aromatic N) is 7. The predicted octanol–water partition coefficient (Wildman–Crippen LogP) is 12.5. The zero-order valence-corrected chi connectivity index (χ0v) is 32.3. The second-order valence-corrected chi connectivity index (χ2v) is 14.3. The fourth-order valence-electron chi connectivity index (χ4n) is 7.54. The average molecular weight is 770 g/mol. The van der Waals surface area contributed by atoms with Crippen LogP contribution >= 0.6 is 0 Å². The van der Waals surface area contributed by atoms with Gasteiger partial charge in [0.2, 0.25) is 0 Å². The van der Waals surface area contributed by atoms with E-state index in [0.29, 0.717) is 17.5 Å². The van der Waals surface area contributed by atoms with Crippen LogP contribution in [0.2, 0.25) is 0 Å². The van der Waals surface area contributed by atoms with Crippen molar-refractivity contribution in [3.05, 3.63) is 213 Å². The third kappa shape index (κ3) is 7.46. The van der Waals surface area contributed by atoms with E-state index in [1.165, 1.54) is 0 Å². The minimum atomic E-state index is 0.574. The van der Waals surface area contributed by atoms with Crippen LogP contribution in [0.4, 0.5) is 0 Å². The Morgan fingerprint density at radius 3 is 0.917 bits per heavy atom. The molecule has 0 bridgehead atoms. The molecule has 0 atom stereocenters. The molecule has 0 N–H and O–H groups in total. The van der Waals surface area contributed by atoms with Crippen LogP contribution in [0.5, 0.6) is 0 Å². The van der Waals surface area contributed by atoms with Crippen molar-refractivity contribution in [2.24, 2.45) is 0 Å². The molecule has 5 aromatic heterocycles. The zero-order chi connectivity index (χ0) is 40.1. The van der Waals surface area contributed by atoms with Gasteiger partial charge >= 0.3 is 0 Å². The second-order valence-electron chi connectivity index (χ2n) is 14.3. The Bertz CT molecular complexity index is 2850. The van der Waals surface area contributed by atoms with E-state index in [1.54, 1.807) is 24.8 Å². The number of hydrogen-bond acceptors (Lipinski definition) is 7. The lowest BCUT2D eigenvalue weighted by Crippen LogP contribution is -2.00. The molecule has 0 amide bonds. The second kappa shape index (κ2) is 16.3. The van der Waals surface area contributed by atoms with Crippen LogP contribution in [-0.4, -0.2) is 34.9 Å². The van der Waals surface area contributed by atoms with Crippen LogP contribution in [0.15, 0.2) is 213 Å². The fraction of sp³-hybridized carbons (Fsp3) is 0. The summed E-state index contributed by atoms with van der Waals surface area (Å²) in [5.41, 5.74) is 15.1. The van der Waals surface area contributed by atoms with Gasteiger partial charge in [0.25, 0.3) is 0 Å². The molecule has 0 unspecified atom stereocenters. The highest BCUT2D eigenvalue weighted by Crippen LogP contribution is 2.40. The standard InChI is InChI=1S/C53H35N7/c1-3-11-36(12-4-1)51-58-52(37-13-5-2-6-14-37)60-53(59-51)46-28-44(38-19-21-47(40-15-7-23-54-32-40)49(30-38)42-17-9-25-56-34-42)27-45(29-46)39-20-22-48(41-16-8-24-55-33-41)50(31-39)43-18-10-26-57-35-43/h1-35H. The van der Waals surface area contributed by atoms with Gasteiger partial charge in [-0.05, 0) is 99.1 Å². The largest absolute Gasteiger partial charge is 0.264 e. The maximum Gasteiger partial charge on any atom is 0.164 e. The van der Waals surface area contributed by atoms with Crippen LogP contribution in [0, 0.1) is 0 Å². The summed E-state index contributed by atoms with van der Waals surface area (Å²) in [7, 11) is 0. The van der Waals surface area contributed by atoms with Crippen molar-refractivity contribution in [2.75, 3.05) is 0 Å². The Balaban J connectivity index is 1.21. The molecule has 5 aromatic carbocycles. The molecule has 60 heavy (non-hydrogen) atoms. The number of benzene rings is 5. The van der Waals surface area contributed by atoms with Gasteiger partial charge in [-0.3, -0.25) is 19.9 Å². The van der Waals surface area contributed by atoms with E-state index in [9.17, 15) is 0 Å². The van der Waals surface area contributed by atoms with Gasteiger partial charge in [0, 0.05) is 88.5 Å². The van der Waals surface area contributed by atoms with Crippen molar-refractivity contribution in [2.45, 2.75) is 0 Å². The monoisotopic (exact) mass is 769 g/mol. The molecule has 0 aliphatic heterocycles. The van der Waals surface area contributed by atoms with E-state index >= 15 is 0 Å². The third-order valence-electron chi connectivity index (χ3n) is 10.5. The van der Waals surface area contributed by atoms with Crippen molar-refractivity contribution in [1.82, 2.24) is 34.9 Å². The van der Waals surface area contributed by atoms with Crippen LogP contribution < -0.4 is 0 Å². The van der Waals surface area contributed by atoms with Crippen molar-refractivity contribution in [1.29, 1.82) is 0 Å². The van der Waals surface area contributed by atoms with Crippen molar-refractivity contribution < 1.29 is 0 Å². The third-order valence-corrected chi connectivity index (χ3v) is 10.5. The molecule has 0 fully saturated rings. The Hall–Kier alpha value is -8.29. The lowest BCUT2D eigenvalue weighted by molar-refractivity contribution is 1.07. The average Bonchev–Trinajstić information content (AvgIpc) is 3.35. The molecule has 0 saturated carbocycles. The first kappa shape index (κ1) is 36.1. The molecule has 7 heteroatoms. The van der Waals surface area contributed by atoms with Crippen molar-refractivity contribution in [3.63, 3.8) is 0 Å². The first-order valence-corrected chi connectivity index (χ1v) is 19.7. The molecule has 0 saturated heterocycles. The van der Waals surface area contributed by atoms with Crippen LogP contribution in [-0.2, 0) is 0 Å². The first-order valence-electron chi connectivity index (χ1n) is 19.7. The number of hydrogen-bond donors (Lipinski definition) is 0. The van der Waals surface area contributed by atoms with Gasteiger partial charge in [0.15, 0.2) is 17.5 Å². The molecule has 10 aromatic rings. The zero-order valence-electron chi connectivity index (χ0n) is 32.3. The van der Waals surface area contributed by atoms with Crippen molar-refractivity contribution >= 4 is 0 Å². The Morgan fingerprint density at radius 2 is 0.550 bits per heavy atom. The van der Waals surface area contributed by atoms with E-state index in [2.05, 4.69) is 98.8 Å². The van der Waals surface area contributed by atoms with Gasteiger partial charge < -0.3 is 0 Å². The molecule has 0 aliphatic rings. The fourth-order valence-corrected chi connectivity index (χ4v) is 7.54. The summed E-state index contributed by atoms with van der Waals surface area (Å²) in [6, 6.07) is 56.2. The highest BCUT2D eigenvalue weighted by molar-refractivity contribution is 5.91. The first-order chi connectivity index (χ1) is 29.7. The van der Waals surface area contributed by atoms with Gasteiger partial charge in [0.05, 0.1) is 0 Å². The van der Waals surface area contributed by atoms with Crippen molar-refractivity contribution in [3.8, 4) is 101 Å². The van der Waals surface area contributed by atoms with Gasteiger partial charge in [-0.25, -0.2) is 15.0 Å². The molecular formula is C53H35N7. The molecule has 5 heterocycles. The summed E-state index contributed by atoms with van der Waals surface area (Å²) in [5, 5.41) is 0. The van der Waals surface area contributed by atoms with Gasteiger partial charge in [-0.2, -0.15) is 0 Å². The normalized spacial score (nSPS) is 11.0. The highest BCUT2D eigenvalue weighted by atomic mass is 15.0. The SMILES string of the molecule is c1ccc(-c2nc(-c3ccccc3)nc(-c3cc(-c4ccc(-c5cccnc5)c(-c5cccnc5)c4)cc(-c4ccc(-c5cccnc5)c(-c5cccnc5)c4)c3)n2)cc1. The summed E-state index contributed by atoms with van der Waals surface area (Å²) < 4.78 is 0.